The van der Waals surface area contributed by atoms with Crippen molar-refractivity contribution in [3.63, 3.8) is 0 Å². The SMILES string of the molecule is CC(C)(C)C(=O)OCC1C2CC/C(C(C)(C)C)=C(/C(C)(C)C)CCC21. The third kappa shape index (κ3) is 4.89. The lowest BCUT2D eigenvalue weighted by Crippen LogP contribution is -2.24. The summed E-state index contributed by atoms with van der Waals surface area (Å²) in [7, 11) is 0. The maximum atomic E-state index is 12.1. The van der Waals surface area contributed by atoms with Gasteiger partial charge in [-0.25, -0.2) is 0 Å². The fourth-order valence-electron chi connectivity index (χ4n) is 4.60. The van der Waals surface area contributed by atoms with Gasteiger partial charge in [0.05, 0.1) is 12.0 Å². The van der Waals surface area contributed by atoms with E-state index in [0.717, 1.165) is 11.8 Å². The Balaban J connectivity index is 2.05. The lowest BCUT2D eigenvalue weighted by molar-refractivity contribution is -0.153. The summed E-state index contributed by atoms with van der Waals surface area (Å²) in [6.07, 6.45) is 4.94. The predicted octanol–water partition coefficient (Wildman–Crippen LogP) is 6.40. The molecule has 0 N–H and O–H groups in total. The zero-order valence-corrected chi connectivity index (χ0v) is 18.1. The van der Waals surface area contributed by atoms with E-state index in [0.29, 0.717) is 12.5 Å². The van der Waals surface area contributed by atoms with Crippen molar-refractivity contribution in [3.05, 3.63) is 11.1 Å². The van der Waals surface area contributed by atoms with Crippen LogP contribution in [0.1, 0.15) is 88.0 Å². The van der Waals surface area contributed by atoms with Crippen molar-refractivity contribution in [1.82, 2.24) is 0 Å². The number of allylic oxidation sites excluding steroid dienone is 2. The van der Waals surface area contributed by atoms with Gasteiger partial charge in [-0.15, -0.1) is 0 Å². The van der Waals surface area contributed by atoms with Crippen LogP contribution < -0.4 is 0 Å². The maximum absolute atomic E-state index is 12.1. The van der Waals surface area contributed by atoms with Crippen LogP contribution in [0, 0.1) is 34.0 Å². The Labute approximate surface area is 155 Å². The van der Waals surface area contributed by atoms with Gasteiger partial charge < -0.3 is 4.74 Å². The normalized spacial score (nSPS) is 31.0. The summed E-state index contributed by atoms with van der Waals surface area (Å²) >= 11 is 0. The minimum atomic E-state index is -0.395. The Morgan fingerprint density at radius 1 is 0.840 bits per heavy atom. The molecule has 0 radical (unpaired) electrons. The summed E-state index contributed by atoms with van der Waals surface area (Å²) in [6, 6.07) is 0. The maximum Gasteiger partial charge on any atom is 0.311 e. The minimum Gasteiger partial charge on any atom is -0.465 e. The minimum absolute atomic E-state index is 0.0596. The van der Waals surface area contributed by atoms with Gasteiger partial charge in [0.1, 0.15) is 0 Å². The van der Waals surface area contributed by atoms with E-state index in [1.54, 1.807) is 11.1 Å². The van der Waals surface area contributed by atoms with Gasteiger partial charge in [-0.2, -0.15) is 0 Å². The molecule has 2 unspecified atom stereocenters. The molecule has 2 heteroatoms. The number of hydrogen-bond donors (Lipinski definition) is 0. The van der Waals surface area contributed by atoms with Crippen LogP contribution in [0.5, 0.6) is 0 Å². The van der Waals surface area contributed by atoms with Crippen LogP contribution in [0.25, 0.3) is 0 Å². The molecular formula is C23H40O2. The second kappa shape index (κ2) is 6.74. The molecule has 25 heavy (non-hydrogen) atoms. The van der Waals surface area contributed by atoms with E-state index in [4.69, 9.17) is 4.74 Å². The molecule has 0 aromatic heterocycles. The molecule has 1 fully saturated rings. The Kier molecular flexibility index (Phi) is 5.53. The molecule has 1 saturated carbocycles. The molecule has 0 heterocycles. The molecule has 0 amide bonds. The standard InChI is InChI=1S/C23H40O2/c1-21(2,3)18-12-10-15-16(11-13-19(18)22(4,5)6)17(15)14-25-20(24)23(7,8)9/h15-17H,10-14H2,1-9H3/b19-18-. The number of ether oxygens (including phenoxy) is 1. The molecule has 2 aliphatic carbocycles. The van der Waals surface area contributed by atoms with Crippen molar-refractivity contribution in [2.75, 3.05) is 6.61 Å². The summed E-state index contributed by atoms with van der Waals surface area (Å²) in [5, 5.41) is 0. The van der Waals surface area contributed by atoms with Crippen LogP contribution in [-0.4, -0.2) is 12.6 Å². The molecule has 2 atom stereocenters. The van der Waals surface area contributed by atoms with Gasteiger partial charge in [0.2, 0.25) is 0 Å². The fourth-order valence-corrected chi connectivity index (χ4v) is 4.60. The van der Waals surface area contributed by atoms with Crippen LogP contribution in [0.2, 0.25) is 0 Å². The van der Waals surface area contributed by atoms with Crippen LogP contribution in [0.3, 0.4) is 0 Å². The van der Waals surface area contributed by atoms with E-state index in [-0.39, 0.29) is 16.8 Å². The summed E-state index contributed by atoms with van der Waals surface area (Å²) in [4.78, 5) is 12.1. The third-order valence-corrected chi connectivity index (χ3v) is 6.16. The number of carbonyl (C=O) groups excluding carboxylic acids is 1. The highest BCUT2D eigenvalue weighted by Crippen LogP contribution is 2.56. The molecule has 2 aliphatic rings. The summed E-state index contributed by atoms with van der Waals surface area (Å²) in [6.45, 7) is 20.6. The molecule has 0 aromatic carbocycles. The lowest BCUT2D eigenvalue weighted by Gasteiger charge is -2.35. The van der Waals surface area contributed by atoms with Crippen LogP contribution in [0.4, 0.5) is 0 Å². The van der Waals surface area contributed by atoms with Crippen LogP contribution in [-0.2, 0) is 9.53 Å². The number of esters is 1. The highest BCUT2D eigenvalue weighted by Gasteiger charge is 2.51. The van der Waals surface area contributed by atoms with Crippen molar-refractivity contribution in [2.45, 2.75) is 88.0 Å². The first-order chi connectivity index (χ1) is 11.2. The van der Waals surface area contributed by atoms with Crippen molar-refractivity contribution < 1.29 is 9.53 Å². The largest absolute Gasteiger partial charge is 0.465 e. The average molecular weight is 349 g/mol. The molecular weight excluding hydrogens is 308 g/mol. The molecule has 0 bridgehead atoms. The Morgan fingerprint density at radius 2 is 1.24 bits per heavy atom. The van der Waals surface area contributed by atoms with Crippen LogP contribution in [0.15, 0.2) is 11.1 Å². The van der Waals surface area contributed by atoms with E-state index >= 15 is 0 Å². The molecule has 0 aromatic rings. The lowest BCUT2D eigenvalue weighted by atomic mass is 9.71. The van der Waals surface area contributed by atoms with Gasteiger partial charge in [-0.05, 0) is 75.0 Å². The van der Waals surface area contributed by atoms with Crippen molar-refractivity contribution in [2.24, 2.45) is 34.0 Å². The van der Waals surface area contributed by atoms with Crippen molar-refractivity contribution in [1.29, 1.82) is 0 Å². The van der Waals surface area contributed by atoms with E-state index in [2.05, 4.69) is 41.5 Å². The van der Waals surface area contributed by atoms with E-state index in [9.17, 15) is 4.79 Å². The average Bonchev–Trinajstić information content (AvgIpc) is 3.02. The third-order valence-electron chi connectivity index (χ3n) is 6.16. The topological polar surface area (TPSA) is 26.3 Å². The van der Waals surface area contributed by atoms with Gasteiger partial charge in [-0.3, -0.25) is 4.79 Å². The first-order valence-electron chi connectivity index (χ1n) is 10.1. The molecule has 144 valence electrons. The molecule has 0 spiro atoms. The molecule has 0 saturated heterocycles. The van der Waals surface area contributed by atoms with E-state index in [1.807, 2.05) is 20.8 Å². The van der Waals surface area contributed by atoms with Crippen molar-refractivity contribution in [3.8, 4) is 0 Å². The summed E-state index contributed by atoms with van der Waals surface area (Å²) in [5.74, 6) is 2.04. The predicted molar refractivity (Wildman–Crippen MR) is 105 cm³/mol. The number of hydrogen-bond acceptors (Lipinski definition) is 2. The van der Waals surface area contributed by atoms with Gasteiger partial charge in [-0.1, -0.05) is 52.7 Å². The Morgan fingerprint density at radius 3 is 1.56 bits per heavy atom. The van der Waals surface area contributed by atoms with E-state index < -0.39 is 5.41 Å². The highest BCUT2D eigenvalue weighted by molar-refractivity contribution is 5.75. The first kappa shape index (κ1) is 20.5. The monoisotopic (exact) mass is 348 g/mol. The molecule has 2 nitrogen and oxygen atoms in total. The van der Waals surface area contributed by atoms with Gasteiger partial charge in [0.25, 0.3) is 0 Å². The fraction of sp³-hybridized carbons (Fsp3) is 0.870. The molecule has 2 rings (SSSR count). The second-order valence-electron chi connectivity index (χ2n) is 11.4. The zero-order chi connectivity index (χ0) is 19.2. The van der Waals surface area contributed by atoms with E-state index in [1.165, 1.54) is 25.7 Å². The van der Waals surface area contributed by atoms with Crippen LogP contribution >= 0.6 is 0 Å². The molecule has 0 aliphatic heterocycles. The highest BCUT2D eigenvalue weighted by atomic mass is 16.5. The van der Waals surface area contributed by atoms with Gasteiger partial charge in [0, 0.05) is 0 Å². The van der Waals surface area contributed by atoms with Crippen molar-refractivity contribution >= 4 is 5.97 Å². The summed E-state index contributed by atoms with van der Waals surface area (Å²) < 4.78 is 5.64. The Bertz CT molecular complexity index is 500. The zero-order valence-electron chi connectivity index (χ0n) is 18.1. The number of carbonyl (C=O) groups is 1. The Hall–Kier alpha value is -0.790. The quantitative estimate of drug-likeness (QED) is 0.426. The number of rotatable bonds is 2. The van der Waals surface area contributed by atoms with Gasteiger partial charge in [0.15, 0.2) is 0 Å². The second-order valence-corrected chi connectivity index (χ2v) is 11.4. The number of fused-ring (bicyclic) bond motifs is 1. The smallest absolute Gasteiger partial charge is 0.311 e. The first-order valence-corrected chi connectivity index (χ1v) is 10.1. The summed E-state index contributed by atoms with van der Waals surface area (Å²) in [5.41, 5.74) is 3.46. The van der Waals surface area contributed by atoms with Gasteiger partial charge >= 0.3 is 5.97 Å².